The van der Waals surface area contributed by atoms with Crippen LogP contribution in [0.4, 0.5) is 9.52 Å². The number of hydrogen-bond acceptors (Lipinski definition) is 6. The van der Waals surface area contributed by atoms with E-state index in [0.717, 1.165) is 14.8 Å². The van der Waals surface area contributed by atoms with E-state index < -0.39 is 0 Å². The number of aromatic nitrogens is 2. The van der Waals surface area contributed by atoms with Gasteiger partial charge in [0.25, 0.3) is 5.91 Å². The van der Waals surface area contributed by atoms with Gasteiger partial charge in [-0.2, -0.15) is 0 Å². The first-order chi connectivity index (χ1) is 11.1. The number of amides is 1. The topological polar surface area (TPSA) is 54.9 Å². The van der Waals surface area contributed by atoms with Gasteiger partial charge in [-0.3, -0.25) is 10.1 Å². The molecule has 8 heteroatoms. The summed E-state index contributed by atoms with van der Waals surface area (Å²) >= 11 is 4.08. The van der Waals surface area contributed by atoms with Crippen LogP contribution in [-0.4, -0.2) is 21.9 Å². The normalized spacial score (nSPS) is 10.9. The molecule has 0 spiro atoms. The van der Waals surface area contributed by atoms with Crippen molar-refractivity contribution >= 4 is 55.6 Å². The van der Waals surface area contributed by atoms with Crippen LogP contribution in [0.2, 0.25) is 0 Å². The minimum Gasteiger partial charge on any atom is -0.296 e. The van der Waals surface area contributed by atoms with Crippen LogP contribution in [0, 0.1) is 12.7 Å². The molecule has 2 aromatic heterocycles. The molecule has 1 N–H and O–H groups in total. The maximum Gasteiger partial charge on any atom is 0.267 e. The first-order valence-electron chi connectivity index (χ1n) is 6.66. The fourth-order valence-corrected chi connectivity index (χ4v) is 4.70. The number of fused-ring (bicyclic) bond motifs is 1. The van der Waals surface area contributed by atoms with Crippen molar-refractivity contribution in [1.29, 1.82) is 0 Å². The van der Waals surface area contributed by atoms with Crippen molar-refractivity contribution in [3.05, 3.63) is 47.1 Å². The number of aryl methyl sites for hydroxylation is 1. The van der Waals surface area contributed by atoms with E-state index in [9.17, 15) is 9.18 Å². The predicted octanol–water partition coefficient (Wildman–Crippen LogP) is 4.73. The Labute approximate surface area is 144 Å². The Hall–Kier alpha value is -1.77. The van der Waals surface area contributed by atoms with E-state index in [-0.39, 0.29) is 11.7 Å². The van der Waals surface area contributed by atoms with Gasteiger partial charge in [-0.05, 0) is 24.6 Å². The summed E-state index contributed by atoms with van der Waals surface area (Å²) in [7, 11) is 0. The minimum absolute atomic E-state index is 0.292. The first kappa shape index (κ1) is 16.1. The van der Waals surface area contributed by atoms with Crippen LogP contribution < -0.4 is 5.32 Å². The van der Waals surface area contributed by atoms with Gasteiger partial charge in [0.1, 0.15) is 5.82 Å². The second-order valence-corrected chi connectivity index (χ2v) is 7.89. The summed E-state index contributed by atoms with van der Waals surface area (Å²) in [6.07, 6.45) is 1.78. The number of nitrogens with one attached hydrogen (secondary N) is 1. The standard InChI is InChI=1S/C15H12FN3OS3/c1-3-7-21-15-19-18-14(23-15)17-13(20)12-8(2)11-9(16)5-4-6-10(11)22-12/h3-6H,1,7H2,2H3,(H,17,18,20). The largest absolute Gasteiger partial charge is 0.296 e. The molecule has 0 aliphatic rings. The Kier molecular flexibility index (Phi) is 4.74. The number of hydrogen-bond donors (Lipinski definition) is 1. The van der Waals surface area contributed by atoms with Crippen LogP contribution in [0.5, 0.6) is 0 Å². The summed E-state index contributed by atoms with van der Waals surface area (Å²) in [5, 5.41) is 11.6. The molecule has 0 atom stereocenters. The highest BCUT2D eigenvalue weighted by atomic mass is 32.2. The smallest absolute Gasteiger partial charge is 0.267 e. The summed E-state index contributed by atoms with van der Waals surface area (Å²) in [4.78, 5) is 12.9. The molecule has 0 bridgehead atoms. The Morgan fingerprint density at radius 2 is 2.26 bits per heavy atom. The molecule has 4 nitrogen and oxygen atoms in total. The third-order valence-corrected chi connectivity index (χ3v) is 6.28. The van der Waals surface area contributed by atoms with Crippen molar-refractivity contribution in [1.82, 2.24) is 10.2 Å². The number of thioether (sulfide) groups is 1. The zero-order valence-corrected chi connectivity index (χ0v) is 14.6. The van der Waals surface area contributed by atoms with E-state index in [2.05, 4.69) is 22.1 Å². The maximum absolute atomic E-state index is 13.9. The Bertz CT molecular complexity index is 887. The molecule has 118 valence electrons. The first-order valence-corrected chi connectivity index (χ1v) is 9.28. The number of anilines is 1. The zero-order valence-electron chi connectivity index (χ0n) is 12.1. The van der Waals surface area contributed by atoms with Gasteiger partial charge in [0.2, 0.25) is 5.13 Å². The van der Waals surface area contributed by atoms with Crippen LogP contribution >= 0.6 is 34.4 Å². The number of rotatable bonds is 5. The van der Waals surface area contributed by atoms with E-state index in [1.807, 2.05) is 6.07 Å². The SMILES string of the molecule is C=CCSc1nnc(NC(=O)c2sc3cccc(F)c3c2C)s1. The molecule has 3 rings (SSSR count). The Balaban J connectivity index is 1.83. The molecule has 0 aliphatic carbocycles. The lowest BCUT2D eigenvalue weighted by Crippen LogP contribution is -2.11. The summed E-state index contributed by atoms with van der Waals surface area (Å²) in [6, 6.07) is 4.85. The van der Waals surface area contributed by atoms with E-state index >= 15 is 0 Å². The van der Waals surface area contributed by atoms with Crippen LogP contribution in [0.25, 0.3) is 10.1 Å². The molecule has 0 saturated heterocycles. The van der Waals surface area contributed by atoms with Crippen molar-refractivity contribution < 1.29 is 9.18 Å². The average molecular weight is 365 g/mol. The van der Waals surface area contributed by atoms with Crippen LogP contribution in [0.15, 0.2) is 35.2 Å². The molecule has 1 aromatic carbocycles. The molecule has 1 amide bonds. The van der Waals surface area contributed by atoms with Crippen LogP contribution in [0.1, 0.15) is 15.2 Å². The fraction of sp³-hybridized carbons (Fsp3) is 0.133. The van der Waals surface area contributed by atoms with Gasteiger partial charge in [-0.1, -0.05) is 35.2 Å². The number of benzene rings is 1. The molecule has 0 aliphatic heterocycles. The lowest BCUT2D eigenvalue weighted by Gasteiger charge is -1.99. The van der Waals surface area contributed by atoms with Gasteiger partial charge in [-0.15, -0.1) is 28.1 Å². The molecule has 0 fully saturated rings. The molecule has 2 heterocycles. The molecule has 0 radical (unpaired) electrons. The number of thiophene rings is 1. The fourth-order valence-electron chi connectivity index (χ4n) is 2.07. The monoisotopic (exact) mass is 365 g/mol. The molecular weight excluding hydrogens is 353 g/mol. The Morgan fingerprint density at radius 3 is 3.00 bits per heavy atom. The van der Waals surface area contributed by atoms with Crippen molar-refractivity contribution in [3.63, 3.8) is 0 Å². The molecule has 3 aromatic rings. The summed E-state index contributed by atoms with van der Waals surface area (Å²) < 4.78 is 15.4. The van der Waals surface area contributed by atoms with Gasteiger partial charge in [0, 0.05) is 15.8 Å². The van der Waals surface area contributed by atoms with Crippen molar-refractivity contribution in [3.8, 4) is 0 Å². The lowest BCUT2D eigenvalue weighted by molar-refractivity contribution is 0.103. The number of halogens is 1. The molecular formula is C15H12FN3OS3. The zero-order chi connectivity index (χ0) is 16.4. The highest BCUT2D eigenvalue weighted by Crippen LogP contribution is 2.33. The maximum atomic E-state index is 13.9. The van der Waals surface area contributed by atoms with E-state index in [4.69, 9.17) is 0 Å². The predicted molar refractivity (Wildman–Crippen MR) is 95.3 cm³/mol. The van der Waals surface area contributed by atoms with E-state index in [0.29, 0.717) is 21.0 Å². The van der Waals surface area contributed by atoms with Crippen LogP contribution in [0.3, 0.4) is 0 Å². The van der Waals surface area contributed by atoms with E-state index in [1.165, 1.54) is 40.5 Å². The van der Waals surface area contributed by atoms with Gasteiger partial charge >= 0.3 is 0 Å². The average Bonchev–Trinajstić information content (AvgIpc) is 3.10. The molecule has 23 heavy (non-hydrogen) atoms. The highest BCUT2D eigenvalue weighted by Gasteiger charge is 2.19. The third kappa shape index (κ3) is 3.29. The minimum atomic E-state index is -0.311. The second kappa shape index (κ2) is 6.77. The lowest BCUT2D eigenvalue weighted by atomic mass is 10.1. The van der Waals surface area contributed by atoms with Crippen molar-refractivity contribution in [2.45, 2.75) is 11.3 Å². The summed E-state index contributed by atoms with van der Waals surface area (Å²) in [6.45, 7) is 5.40. The third-order valence-electron chi connectivity index (χ3n) is 3.06. The molecule has 0 saturated carbocycles. The Morgan fingerprint density at radius 1 is 1.43 bits per heavy atom. The van der Waals surface area contributed by atoms with Gasteiger partial charge in [-0.25, -0.2) is 4.39 Å². The van der Waals surface area contributed by atoms with Crippen molar-refractivity contribution in [2.75, 3.05) is 11.1 Å². The molecule has 0 unspecified atom stereocenters. The highest BCUT2D eigenvalue weighted by molar-refractivity contribution is 8.01. The van der Waals surface area contributed by atoms with Gasteiger partial charge in [0.05, 0.1) is 4.88 Å². The number of nitrogens with zero attached hydrogens (tertiary/aromatic N) is 2. The van der Waals surface area contributed by atoms with E-state index in [1.54, 1.807) is 19.1 Å². The summed E-state index contributed by atoms with van der Waals surface area (Å²) in [5.41, 5.74) is 0.645. The van der Waals surface area contributed by atoms with Crippen LogP contribution in [-0.2, 0) is 0 Å². The van der Waals surface area contributed by atoms with Gasteiger partial charge in [0.15, 0.2) is 4.34 Å². The van der Waals surface area contributed by atoms with Crippen molar-refractivity contribution in [2.24, 2.45) is 0 Å². The van der Waals surface area contributed by atoms with Gasteiger partial charge < -0.3 is 0 Å². The second-order valence-electron chi connectivity index (χ2n) is 4.60. The summed E-state index contributed by atoms with van der Waals surface area (Å²) in [5.74, 6) is 0.130. The number of carbonyl (C=O) groups excluding carboxylic acids is 1. The number of carbonyl (C=O) groups is 1. The quantitative estimate of drug-likeness (QED) is 0.403.